The van der Waals surface area contributed by atoms with Crippen LogP contribution in [0.5, 0.6) is 0 Å². The van der Waals surface area contributed by atoms with Crippen molar-refractivity contribution in [3.05, 3.63) is 42.2 Å². The number of nitrogens with two attached hydrogens (primary N) is 1. The molecule has 0 saturated carbocycles. The third-order valence-electron chi connectivity index (χ3n) is 2.29. The van der Waals surface area contributed by atoms with E-state index in [4.69, 9.17) is 5.73 Å². The maximum atomic E-state index is 13.7. The van der Waals surface area contributed by atoms with Gasteiger partial charge in [-0.25, -0.2) is 14.1 Å². The Morgan fingerprint density at radius 3 is 2.94 bits per heavy atom. The summed E-state index contributed by atoms with van der Waals surface area (Å²) in [7, 11) is 0. The van der Waals surface area contributed by atoms with E-state index in [0.717, 1.165) is 0 Å². The van der Waals surface area contributed by atoms with Gasteiger partial charge < -0.3 is 5.73 Å². The summed E-state index contributed by atoms with van der Waals surface area (Å²) in [5.74, 6) is -0.259. The summed E-state index contributed by atoms with van der Waals surface area (Å²) in [6, 6.07) is 4.78. The largest absolute Gasteiger partial charge is 0.328 e. The lowest BCUT2D eigenvalue weighted by Crippen LogP contribution is -2.20. The van der Waals surface area contributed by atoms with Crippen LogP contribution in [0, 0.1) is 5.82 Å². The van der Waals surface area contributed by atoms with Crippen LogP contribution in [0.3, 0.4) is 0 Å². The molecule has 1 atom stereocenters. The highest BCUT2D eigenvalue weighted by Crippen LogP contribution is 2.18. The fraction of sp³-hybridized carbons (Fsp3) is 0.273. The van der Waals surface area contributed by atoms with Gasteiger partial charge in [0, 0.05) is 11.6 Å². The second-order valence-electron chi connectivity index (χ2n) is 3.76. The monoisotopic (exact) mass is 220 g/mol. The predicted octanol–water partition coefficient (Wildman–Crippen LogP) is 1.30. The normalized spacial score (nSPS) is 12.7. The zero-order valence-electron chi connectivity index (χ0n) is 8.97. The Balaban J connectivity index is 2.48. The molecular weight excluding hydrogens is 207 g/mol. The van der Waals surface area contributed by atoms with Gasteiger partial charge in [0.05, 0.1) is 5.69 Å². The average molecular weight is 220 g/mol. The molecule has 0 amide bonds. The van der Waals surface area contributed by atoms with Crippen LogP contribution in [0.2, 0.25) is 0 Å². The van der Waals surface area contributed by atoms with Crippen LogP contribution in [-0.2, 0) is 6.42 Å². The predicted molar refractivity (Wildman–Crippen MR) is 58.7 cm³/mol. The number of benzene rings is 1. The van der Waals surface area contributed by atoms with Gasteiger partial charge in [0.2, 0.25) is 0 Å². The highest BCUT2D eigenvalue weighted by atomic mass is 19.1. The molecule has 16 heavy (non-hydrogen) atoms. The van der Waals surface area contributed by atoms with Gasteiger partial charge in [-0.2, -0.15) is 5.10 Å². The number of halogens is 1. The fourth-order valence-electron chi connectivity index (χ4n) is 1.62. The molecule has 0 aliphatic carbocycles. The van der Waals surface area contributed by atoms with Crippen molar-refractivity contribution < 1.29 is 4.39 Å². The van der Waals surface area contributed by atoms with Gasteiger partial charge in [0.1, 0.15) is 18.5 Å². The molecule has 1 aromatic carbocycles. The molecule has 2 aromatic rings. The number of hydrogen-bond acceptors (Lipinski definition) is 3. The second-order valence-corrected chi connectivity index (χ2v) is 3.76. The summed E-state index contributed by atoms with van der Waals surface area (Å²) in [6.45, 7) is 1.84. The first-order valence-corrected chi connectivity index (χ1v) is 5.06. The van der Waals surface area contributed by atoms with Crippen LogP contribution >= 0.6 is 0 Å². The lowest BCUT2D eigenvalue weighted by Gasteiger charge is -2.12. The minimum Gasteiger partial charge on any atom is -0.328 e. The van der Waals surface area contributed by atoms with Crippen LogP contribution in [0.4, 0.5) is 4.39 Å². The Labute approximate surface area is 92.9 Å². The molecule has 0 aliphatic heterocycles. The average Bonchev–Trinajstić information content (AvgIpc) is 2.73. The van der Waals surface area contributed by atoms with Crippen LogP contribution < -0.4 is 5.73 Å². The summed E-state index contributed by atoms with van der Waals surface area (Å²) in [4.78, 5) is 3.85. The van der Waals surface area contributed by atoms with E-state index in [0.29, 0.717) is 17.7 Å². The van der Waals surface area contributed by atoms with Gasteiger partial charge >= 0.3 is 0 Å². The van der Waals surface area contributed by atoms with Crippen molar-refractivity contribution in [1.82, 2.24) is 14.8 Å². The fourth-order valence-corrected chi connectivity index (χ4v) is 1.62. The molecule has 2 rings (SSSR count). The van der Waals surface area contributed by atoms with E-state index < -0.39 is 0 Å². The molecule has 0 saturated heterocycles. The Hall–Kier alpha value is -1.75. The van der Waals surface area contributed by atoms with Crippen LogP contribution in [0.1, 0.15) is 12.5 Å². The van der Waals surface area contributed by atoms with E-state index in [1.807, 2.05) is 6.92 Å². The Morgan fingerprint density at radius 2 is 2.31 bits per heavy atom. The second kappa shape index (κ2) is 4.40. The van der Waals surface area contributed by atoms with E-state index in [2.05, 4.69) is 10.1 Å². The summed E-state index contributed by atoms with van der Waals surface area (Å²) in [5.41, 5.74) is 6.97. The highest BCUT2D eigenvalue weighted by Gasteiger charge is 2.11. The van der Waals surface area contributed by atoms with Crippen LogP contribution in [-0.4, -0.2) is 20.8 Å². The van der Waals surface area contributed by atoms with E-state index in [1.54, 1.807) is 23.1 Å². The number of aromatic nitrogens is 3. The molecule has 0 radical (unpaired) electrons. The lowest BCUT2D eigenvalue weighted by molar-refractivity contribution is 0.591. The minimum atomic E-state index is -0.259. The van der Waals surface area contributed by atoms with Crippen molar-refractivity contribution in [3.63, 3.8) is 0 Å². The maximum Gasteiger partial charge on any atom is 0.138 e. The van der Waals surface area contributed by atoms with Crippen molar-refractivity contribution in [1.29, 1.82) is 0 Å². The van der Waals surface area contributed by atoms with Gasteiger partial charge in [-0.15, -0.1) is 0 Å². The van der Waals surface area contributed by atoms with Crippen molar-refractivity contribution in [2.75, 3.05) is 0 Å². The zero-order chi connectivity index (χ0) is 11.5. The summed E-state index contributed by atoms with van der Waals surface area (Å²) in [5, 5.41) is 3.99. The molecule has 0 fully saturated rings. The molecule has 2 N–H and O–H groups in total. The molecule has 84 valence electrons. The molecule has 0 bridgehead atoms. The standard InChI is InChI=1S/C11H13FN4/c1-8(13)5-9-10(12)3-2-4-11(9)16-7-14-6-15-16/h2-4,6-8H,5,13H2,1H3. The van der Waals surface area contributed by atoms with Gasteiger partial charge in [0.15, 0.2) is 0 Å². The first kappa shape index (κ1) is 10.8. The van der Waals surface area contributed by atoms with Gasteiger partial charge in [-0.05, 0) is 25.5 Å². The van der Waals surface area contributed by atoms with Crippen LogP contribution in [0.25, 0.3) is 5.69 Å². The molecule has 1 aromatic heterocycles. The van der Waals surface area contributed by atoms with Gasteiger partial charge in [-0.1, -0.05) is 6.07 Å². The smallest absolute Gasteiger partial charge is 0.138 e. The number of nitrogens with zero attached hydrogens (tertiary/aromatic N) is 3. The van der Waals surface area contributed by atoms with Crippen molar-refractivity contribution in [3.8, 4) is 5.69 Å². The molecule has 0 aliphatic rings. The van der Waals surface area contributed by atoms with E-state index in [9.17, 15) is 4.39 Å². The topological polar surface area (TPSA) is 56.7 Å². The molecule has 1 heterocycles. The molecule has 0 spiro atoms. The van der Waals surface area contributed by atoms with Crippen molar-refractivity contribution in [2.45, 2.75) is 19.4 Å². The van der Waals surface area contributed by atoms with Crippen LogP contribution in [0.15, 0.2) is 30.9 Å². The molecule has 5 heteroatoms. The van der Waals surface area contributed by atoms with E-state index >= 15 is 0 Å². The van der Waals surface area contributed by atoms with Crippen molar-refractivity contribution >= 4 is 0 Å². The lowest BCUT2D eigenvalue weighted by atomic mass is 10.0. The third kappa shape index (κ3) is 2.09. The first-order chi connectivity index (χ1) is 7.68. The molecular formula is C11H13FN4. The summed E-state index contributed by atoms with van der Waals surface area (Å²) in [6.07, 6.45) is 3.43. The summed E-state index contributed by atoms with van der Waals surface area (Å²) < 4.78 is 15.2. The Kier molecular flexibility index (Phi) is 2.96. The zero-order valence-corrected chi connectivity index (χ0v) is 8.97. The van der Waals surface area contributed by atoms with Gasteiger partial charge in [-0.3, -0.25) is 0 Å². The van der Waals surface area contributed by atoms with Gasteiger partial charge in [0.25, 0.3) is 0 Å². The number of rotatable bonds is 3. The maximum absolute atomic E-state index is 13.7. The van der Waals surface area contributed by atoms with E-state index in [1.165, 1.54) is 12.4 Å². The Bertz CT molecular complexity index is 465. The molecule has 4 nitrogen and oxygen atoms in total. The Morgan fingerprint density at radius 1 is 1.50 bits per heavy atom. The van der Waals surface area contributed by atoms with Crippen molar-refractivity contribution in [2.24, 2.45) is 5.73 Å². The minimum absolute atomic E-state index is 0.0980. The first-order valence-electron chi connectivity index (χ1n) is 5.06. The number of hydrogen-bond donors (Lipinski definition) is 1. The SMILES string of the molecule is CC(N)Cc1c(F)cccc1-n1cncn1. The highest BCUT2D eigenvalue weighted by molar-refractivity contribution is 5.41. The summed E-state index contributed by atoms with van der Waals surface area (Å²) >= 11 is 0. The third-order valence-corrected chi connectivity index (χ3v) is 2.29. The quantitative estimate of drug-likeness (QED) is 0.848. The molecule has 1 unspecified atom stereocenters. The van der Waals surface area contributed by atoms with E-state index in [-0.39, 0.29) is 11.9 Å².